The van der Waals surface area contributed by atoms with Gasteiger partial charge in [0.05, 0.1) is 11.8 Å². The summed E-state index contributed by atoms with van der Waals surface area (Å²) in [4.78, 5) is 4.48. The lowest BCUT2D eigenvalue weighted by Gasteiger charge is -2.13. The first kappa shape index (κ1) is 15.5. The SMILES string of the molecule is CC(Cc1ccco1)NCc1cccc2cccnc12.Cl. The van der Waals surface area contributed by atoms with Crippen molar-refractivity contribution in [3.8, 4) is 0 Å². The predicted molar refractivity (Wildman–Crippen MR) is 87.7 cm³/mol. The first-order valence-corrected chi connectivity index (χ1v) is 6.91. The van der Waals surface area contributed by atoms with E-state index in [0.29, 0.717) is 6.04 Å². The molecule has 1 N–H and O–H groups in total. The molecule has 0 aliphatic heterocycles. The van der Waals surface area contributed by atoms with Crippen LogP contribution in [0.2, 0.25) is 0 Å². The molecule has 3 aromatic rings. The van der Waals surface area contributed by atoms with E-state index in [4.69, 9.17) is 4.42 Å². The third-order valence-corrected chi connectivity index (χ3v) is 3.44. The second-order valence-electron chi connectivity index (χ2n) is 5.06. The predicted octanol–water partition coefficient (Wildman–Crippen LogP) is 3.97. The van der Waals surface area contributed by atoms with E-state index in [1.807, 2.05) is 24.4 Å². The summed E-state index contributed by atoms with van der Waals surface area (Å²) in [5.74, 6) is 1.01. The standard InChI is InChI=1S/C17H18N2O.ClH/c1-13(11-16-8-4-10-20-16)19-12-15-6-2-5-14-7-3-9-18-17(14)15;/h2-10,13,19H,11-12H2,1H3;1H. The summed E-state index contributed by atoms with van der Waals surface area (Å²) in [7, 11) is 0. The monoisotopic (exact) mass is 302 g/mol. The van der Waals surface area contributed by atoms with Gasteiger partial charge in [-0.2, -0.15) is 0 Å². The maximum atomic E-state index is 5.37. The number of aromatic nitrogens is 1. The molecule has 0 fully saturated rings. The molecule has 0 radical (unpaired) electrons. The number of nitrogens with one attached hydrogen (secondary N) is 1. The number of halogens is 1. The molecule has 0 saturated carbocycles. The number of nitrogens with zero attached hydrogens (tertiary/aromatic N) is 1. The smallest absolute Gasteiger partial charge is 0.105 e. The Bertz CT molecular complexity index is 677. The van der Waals surface area contributed by atoms with Crippen LogP contribution in [0.1, 0.15) is 18.2 Å². The Morgan fingerprint density at radius 2 is 2.00 bits per heavy atom. The highest BCUT2D eigenvalue weighted by Crippen LogP contribution is 2.16. The van der Waals surface area contributed by atoms with Gasteiger partial charge in [-0.25, -0.2) is 0 Å². The van der Waals surface area contributed by atoms with E-state index in [-0.39, 0.29) is 12.4 Å². The zero-order valence-corrected chi connectivity index (χ0v) is 12.8. The highest BCUT2D eigenvalue weighted by molar-refractivity contribution is 5.85. The lowest BCUT2D eigenvalue weighted by molar-refractivity contribution is 0.457. The van der Waals surface area contributed by atoms with Gasteiger partial charge in [-0.3, -0.25) is 4.98 Å². The third-order valence-electron chi connectivity index (χ3n) is 3.44. The molecule has 0 bridgehead atoms. The Morgan fingerprint density at radius 1 is 1.14 bits per heavy atom. The Kier molecular flexibility index (Phi) is 5.37. The molecule has 1 aromatic carbocycles. The Morgan fingerprint density at radius 3 is 2.81 bits per heavy atom. The van der Waals surface area contributed by atoms with Crippen LogP contribution in [0.25, 0.3) is 10.9 Å². The molecule has 2 heterocycles. The molecule has 0 amide bonds. The highest BCUT2D eigenvalue weighted by Gasteiger charge is 2.07. The Balaban J connectivity index is 0.00000161. The van der Waals surface area contributed by atoms with Crippen molar-refractivity contribution in [3.63, 3.8) is 0 Å². The fourth-order valence-electron chi connectivity index (χ4n) is 2.40. The number of hydrogen-bond acceptors (Lipinski definition) is 3. The number of hydrogen-bond donors (Lipinski definition) is 1. The van der Waals surface area contributed by atoms with E-state index < -0.39 is 0 Å². The summed E-state index contributed by atoms with van der Waals surface area (Å²) in [6, 6.07) is 14.7. The molecular weight excluding hydrogens is 284 g/mol. The van der Waals surface area contributed by atoms with Gasteiger partial charge in [-0.15, -0.1) is 12.4 Å². The molecule has 4 heteroatoms. The van der Waals surface area contributed by atoms with E-state index in [2.05, 4.69) is 41.5 Å². The van der Waals surface area contributed by atoms with Crippen molar-refractivity contribution in [2.24, 2.45) is 0 Å². The Hall–Kier alpha value is -1.84. The zero-order chi connectivity index (χ0) is 13.8. The maximum Gasteiger partial charge on any atom is 0.105 e. The van der Waals surface area contributed by atoms with E-state index in [1.165, 1.54) is 10.9 Å². The second-order valence-corrected chi connectivity index (χ2v) is 5.06. The topological polar surface area (TPSA) is 38.1 Å². The minimum Gasteiger partial charge on any atom is -0.469 e. The molecule has 21 heavy (non-hydrogen) atoms. The molecule has 110 valence electrons. The number of furan rings is 1. The summed E-state index contributed by atoms with van der Waals surface area (Å²) in [6.45, 7) is 2.98. The van der Waals surface area contributed by atoms with Crippen LogP contribution >= 0.6 is 12.4 Å². The lowest BCUT2D eigenvalue weighted by atomic mass is 10.1. The van der Waals surface area contributed by atoms with Gasteiger partial charge in [-0.05, 0) is 30.7 Å². The number of rotatable bonds is 5. The van der Waals surface area contributed by atoms with Crippen molar-refractivity contribution < 1.29 is 4.42 Å². The van der Waals surface area contributed by atoms with Gasteiger partial charge in [0.1, 0.15) is 5.76 Å². The summed E-state index contributed by atoms with van der Waals surface area (Å²) < 4.78 is 5.37. The molecule has 3 nitrogen and oxygen atoms in total. The normalized spacial score (nSPS) is 12.0. The van der Waals surface area contributed by atoms with Crippen molar-refractivity contribution >= 4 is 23.3 Å². The number of fused-ring (bicyclic) bond motifs is 1. The van der Waals surface area contributed by atoms with Crippen molar-refractivity contribution in [1.29, 1.82) is 0 Å². The van der Waals surface area contributed by atoms with Gasteiger partial charge in [0.25, 0.3) is 0 Å². The van der Waals surface area contributed by atoms with Crippen LogP contribution < -0.4 is 5.32 Å². The molecular formula is C17H19ClN2O. The van der Waals surface area contributed by atoms with Crippen LogP contribution in [0, 0.1) is 0 Å². The second kappa shape index (κ2) is 7.25. The first-order chi connectivity index (χ1) is 9.83. The maximum absolute atomic E-state index is 5.37. The average Bonchev–Trinajstić information content (AvgIpc) is 2.98. The van der Waals surface area contributed by atoms with Crippen LogP contribution in [0.5, 0.6) is 0 Å². The van der Waals surface area contributed by atoms with E-state index in [0.717, 1.165) is 24.2 Å². The fourth-order valence-corrected chi connectivity index (χ4v) is 2.40. The molecule has 1 atom stereocenters. The van der Waals surface area contributed by atoms with Gasteiger partial charge in [0.15, 0.2) is 0 Å². The molecule has 0 aliphatic carbocycles. The minimum atomic E-state index is 0. The summed E-state index contributed by atoms with van der Waals surface area (Å²) >= 11 is 0. The average molecular weight is 303 g/mol. The largest absolute Gasteiger partial charge is 0.469 e. The third kappa shape index (κ3) is 3.84. The van der Waals surface area contributed by atoms with Gasteiger partial charge < -0.3 is 9.73 Å². The molecule has 1 unspecified atom stereocenters. The van der Waals surface area contributed by atoms with E-state index >= 15 is 0 Å². The van der Waals surface area contributed by atoms with Crippen molar-refractivity contribution in [2.45, 2.75) is 25.9 Å². The van der Waals surface area contributed by atoms with E-state index in [1.54, 1.807) is 6.26 Å². The molecule has 0 spiro atoms. The van der Waals surface area contributed by atoms with Crippen molar-refractivity contribution in [3.05, 3.63) is 66.2 Å². The van der Waals surface area contributed by atoms with Gasteiger partial charge in [0.2, 0.25) is 0 Å². The summed E-state index contributed by atoms with van der Waals surface area (Å²) in [5, 5.41) is 4.71. The molecule has 0 aliphatic rings. The zero-order valence-electron chi connectivity index (χ0n) is 12.0. The van der Waals surface area contributed by atoms with Crippen molar-refractivity contribution in [1.82, 2.24) is 10.3 Å². The van der Waals surface area contributed by atoms with Crippen molar-refractivity contribution in [2.75, 3.05) is 0 Å². The molecule has 2 aromatic heterocycles. The van der Waals surface area contributed by atoms with Crippen LogP contribution in [0.4, 0.5) is 0 Å². The van der Waals surface area contributed by atoms with Gasteiger partial charge >= 0.3 is 0 Å². The summed E-state index contributed by atoms with van der Waals surface area (Å²) in [6.07, 6.45) is 4.46. The van der Waals surface area contributed by atoms with Crippen LogP contribution in [0.15, 0.2) is 59.3 Å². The minimum absolute atomic E-state index is 0. The quantitative estimate of drug-likeness (QED) is 0.775. The van der Waals surface area contributed by atoms with Crippen LogP contribution in [-0.4, -0.2) is 11.0 Å². The number of pyridine rings is 1. The van der Waals surface area contributed by atoms with Crippen LogP contribution in [-0.2, 0) is 13.0 Å². The fraction of sp³-hybridized carbons (Fsp3) is 0.235. The Labute approximate surface area is 130 Å². The first-order valence-electron chi connectivity index (χ1n) is 6.91. The molecule has 0 saturated heterocycles. The highest BCUT2D eigenvalue weighted by atomic mass is 35.5. The number of benzene rings is 1. The van der Waals surface area contributed by atoms with E-state index in [9.17, 15) is 0 Å². The van der Waals surface area contributed by atoms with Crippen LogP contribution in [0.3, 0.4) is 0 Å². The lowest BCUT2D eigenvalue weighted by Crippen LogP contribution is -2.27. The number of para-hydroxylation sites is 1. The molecule has 3 rings (SSSR count). The summed E-state index contributed by atoms with van der Waals surface area (Å²) in [5.41, 5.74) is 2.31. The van der Waals surface area contributed by atoms with Gasteiger partial charge in [-0.1, -0.05) is 24.3 Å². The van der Waals surface area contributed by atoms with Gasteiger partial charge in [0, 0.05) is 30.6 Å².